The first kappa shape index (κ1) is 15.9. The summed E-state index contributed by atoms with van der Waals surface area (Å²) in [5.74, 6) is -1.30. The normalized spacial score (nSPS) is 17.4. The van der Waals surface area contributed by atoms with Crippen LogP contribution < -0.4 is 5.73 Å². The molecule has 1 amide bonds. The molecule has 0 saturated heterocycles. The van der Waals surface area contributed by atoms with E-state index in [1.165, 1.54) is 12.1 Å². The molecular formula is C16H22F2N2O. The Morgan fingerprint density at radius 1 is 1.43 bits per heavy atom. The van der Waals surface area contributed by atoms with E-state index in [1.54, 1.807) is 4.90 Å². The molecule has 1 saturated carbocycles. The minimum Gasteiger partial charge on any atom is -0.334 e. The lowest BCUT2D eigenvalue weighted by Crippen LogP contribution is -2.47. The van der Waals surface area contributed by atoms with Crippen LogP contribution in [0.1, 0.15) is 38.7 Å². The minimum atomic E-state index is -0.620. The molecule has 1 aliphatic carbocycles. The van der Waals surface area contributed by atoms with E-state index in [-0.39, 0.29) is 24.4 Å². The van der Waals surface area contributed by atoms with Crippen LogP contribution >= 0.6 is 0 Å². The number of halogens is 2. The summed E-state index contributed by atoms with van der Waals surface area (Å²) >= 11 is 0. The van der Waals surface area contributed by atoms with Gasteiger partial charge in [-0.25, -0.2) is 8.78 Å². The monoisotopic (exact) mass is 296 g/mol. The summed E-state index contributed by atoms with van der Waals surface area (Å²) in [7, 11) is 0. The lowest BCUT2D eigenvalue weighted by Gasteiger charge is -2.28. The van der Waals surface area contributed by atoms with Crippen molar-refractivity contribution in [2.45, 2.75) is 51.7 Å². The first-order chi connectivity index (χ1) is 9.93. The molecule has 2 N–H and O–H groups in total. The average Bonchev–Trinajstić information content (AvgIpc) is 3.28. The van der Waals surface area contributed by atoms with Gasteiger partial charge in [-0.1, -0.05) is 26.3 Å². The molecule has 2 unspecified atom stereocenters. The molecule has 1 fully saturated rings. The first-order valence-corrected chi connectivity index (χ1v) is 7.44. The Morgan fingerprint density at radius 2 is 2.10 bits per heavy atom. The fourth-order valence-corrected chi connectivity index (χ4v) is 2.30. The van der Waals surface area contributed by atoms with Gasteiger partial charge < -0.3 is 10.6 Å². The zero-order chi connectivity index (χ0) is 15.6. The molecule has 0 radical (unpaired) electrons. The third-order valence-electron chi connectivity index (χ3n) is 4.17. The van der Waals surface area contributed by atoms with E-state index in [9.17, 15) is 13.6 Å². The molecule has 1 aliphatic rings. The number of nitrogens with two attached hydrogens (primary N) is 1. The van der Waals surface area contributed by atoms with Crippen LogP contribution in [0.5, 0.6) is 0 Å². The molecule has 0 heterocycles. The quantitative estimate of drug-likeness (QED) is 0.877. The largest absolute Gasteiger partial charge is 0.334 e. The van der Waals surface area contributed by atoms with Crippen molar-refractivity contribution in [3.8, 4) is 0 Å². The molecule has 0 spiro atoms. The summed E-state index contributed by atoms with van der Waals surface area (Å²) in [4.78, 5) is 14.2. The highest BCUT2D eigenvalue weighted by atomic mass is 19.1. The molecular weight excluding hydrogens is 274 g/mol. The molecule has 0 bridgehead atoms. The predicted octanol–water partition coefficient (Wildman–Crippen LogP) is 2.83. The van der Waals surface area contributed by atoms with Crippen LogP contribution in [0.2, 0.25) is 0 Å². The molecule has 2 rings (SSSR count). The second-order valence-corrected chi connectivity index (χ2v) is 5.84. The van der Waals surface area contributed by atoms with Gasteiger partial charge in [-0.15, -0.1) is 0 Å². The maximum Gasteiger partial charge on any atom is 0.240 e. The Labute approximate surface area is 124 Å². The van der Waals surface area contributed by atoms with Gasteiger partial charge in [0, 0.05) is 24.2 Å². The summed E-state index contributed by atoms with van der Waals surface area (Å²) in [5, 5.41) is 0. The van der Waals surface area contributed by atoms with E-state index in [4.69, 9.17) is 5.73 Å². The smallest absolute Gasteiger partial charge is 0.240 e. The van der Waals surface area contributed by atoms with E-state index in [1.807, 2.05) is 13.8 Å². The fraction of sp³-hybridized carbons (Fsp3) is 0.562. The maximum atomic E-state index is 13.8. The molecule has 1 aromatic rings. The van der Waals surface area contributed by atoms with Crippen molar-refractivity contribution in [2.24, 2.45) is 11.7 Å². The van der Waals surface area contributed by atoms with Crippen molar-refractivity contribution in [1.29, 1.82) is 0 Å². The summed E-state index contributed by atoms with van der Waals surface area (Å²) < 4.78 is 26.7. The molecule has 5 heteroatoms. The molecule has 21 heavy (non-hydrogen) atoms. The number of benzene rings is 1. The topological polar surface area (TPSA) is 46.3 Å². The zero-order valence-corrected chi connectivity index (χ0v) is 12.5. The third kappa shape index (κ3) is 3.79. The maximum absolute atomic E-state index is 13.8. The van der Waals surface area contributed by atoms with Crippen molar-refractivity contribution in [3.05, 3.63) is 35.4 Å². The van der Waals surface area contributed by atoms with E-state index >= 15 is 0 Å². The summed E-state index contributed by atoms with van der Waals surface area (Å²) in [6.07, 6.45) is 2.65. The van der Waals surface area contributed by atoms with E-state index in [0.717, 1.165) is 25.3 Å². The average molecular weight is 296 g/mol. The number of carbonyl (C=O) groups excluding carboxylic acids is 1. The first-order valence-electron chi connectivity index (χ1n) is 7.44. The number of hydrogen-bond donors (Lipinski definition) is 1. The SMILES string of the molecule is CCC(C)C(N)C(=O)N(Cc1ccc(F)cc1F)C1CC1. The van der Waals surface area contributed by atoms with Crippen molar-refractivity contribution in [2.75, 3.05) is 0 Å². The molecule has 2 atom stereocenters. The number of nitrogens with zero attached hydrogens (tertiary/aromatic N) is 1. The van der Waals surface area contributed by atoms with Crippen LogP contribution in [0.3, 0.4) is 0 Å². The molecule has 0 aromatic heterocycles. The second kappa shape index (κ2) is 6.52. The van der Waals surface area contributed by atoms with Gasteiger partial charge in [0.2, 0.25) is 5.91 Å². The van der Waals surface area contributed by atoms with Gasteiger partial charge in [0.1, 0.15) is 11.6 Å². The van der Waals surface area contributed by atoms with Gasteiger partial charge in [-0.05, 0) is 24.8 Å². The van der Waals surface area contributed by atoms with E-state index in [0.29, 0.717) is 5.56 Å². The lowest BCUT2D eigenvalue weighted by molar-refractivity contribution is -0.135. The Morgan fingerprint density at radius 3 is 2.62 bits per heavy atom. The molecule has 0 aliphatic heterocycles. The van der Waals surface area contributed by atoms with Gasteiger partial charge >= 0.3 is 0 Å². The Hall–Kier alpha value is -1.49. The van der Waals surface area contributed by atoms with Gasteiger partial charge in [-0.2, -0.15) is 0 Å². The Bertz CT molecular complexity index is 517. The van der Waals surface area contributed by atoms with Crippen molar-refractivity contribution < 1.29 is 13.6 Å². The second-order valence-electron chi connectivity index (χ2n) is 5.84. The minimum absolute atomic E-state index is 0.0804. The van der Waals surface area contributed by atoms with Gasteiger partial charge in [0.15, 0.2) is 0 Å². The number of hydrogen-bond acceptors (Lipinski definition) is 2. The highest BCUT2D eigenvalue weighted by molar-refractivity contribution is 5.82. The van der Waals surface area contributed by atoms with E-state index < -0.39 is 17.7 Å². The van der Waals surface area contributed by atoms with Crippen molar-refractivity contribution in [1.82, 2.24) is 4.90 Å². The van der Waals surface area contributed by atoms with Gasteiger partial charge in [-0.3, -0.25) is 4.79 Å². The van der Waals surface area contributed by atoms with E-state index in [2.05, 4.69) is 0 Å². The summed E-state index contributed by atoms with van der Waals surface area (Å²) in [6, 6.07) is 3.01. The Kier molecular flexibility index (Phi) is 4.93. The van der Waals surface area contributed by atoms with Gasteiger partial charge in [0.05, 0.1) is 6.04 Å². The Balaban J connectivity index is 2.14. The predicted molar refractivity (Wildman–Crippen MR) is 77.4 cm³/mol. The zero-order valence-electron chi connectivity index (χ0n) is 12.5. The highest BCUT2D eigenvalue weighted by Gasteiger charge is 2.36. The van der Waals surface area contributed by atoms with Gasteiger partial charge in [0.25, 0.3) is 0 Å². The van der Waals surface area contributed by atoms with Crippen LogP contribution in [0.25, 0.3) is 0 Å². The van der Waals surface area contributed by atoms with Crippen molar-refractivity contribution >= 4 is 5.91 Å². The summed E-state index contributed by atoms with van der Waals surface area (Å²) in [6.45, 7) is 4.07. The molecule has 1 aromatic carbocycles. The third-order valence-corrected chi connectivity index (χ3v) is 4.17. The fourth-order valence-electron chi connectivity index (χ4n) is 2.30. The van der Waals surface area contributed by atoms with Crippen LogP contribution in [0.15, 0.2) is 18.2 Å². The molecule has 3 nitrogen and oxygen atoms in total. The summed E-state index contributed by atoms with van der Waals surface area (Å²) in [5.41, 5.74) is 6.34. The van der Waals surface area contributed by atoms with Crippen LogP contribution in [0, 0.1) is 17.6 Å². The van der Waals surface area contributed by atoms with Crippen LogP contribution in [-0.2, 0) is 11.3 Å². The molecule has 116 valence electrons. The van der Waals surface area contributed by atoms with Crippen LogP contribution in [-0.4, -0.2) is 22.9 Å². The standard InChI is InChI=1S/C16H22F2N2O/c1-3-10(2)15(19)16(21)20(13-6-7-13)9-11-4-5-12(17)8-14(11)18/h4-5,8,10,13,15H,3,6-7,9,19H2,1-2H3. The van der Waals surface area contributed by atoms with Crippen LogP contribution in [0.4, 0.5) is 8.78 Å². The lowest BCUT2D eigenvalue weighted by atomic mass is 9.98. The number of carbonyl (C=O) groups is 1. The number of rotatable bonds is 6. The van der Waals surface area contributed by atoms with Crippen molar-refractivity contribution in [3.63, 3.8) is 0 Å². The highest BCUT2D eigenvalue weighted by Crippen LogP contribution is 2.30. The number of amides is 1.